The Morgan fingerprint density at radius 3 is 2.68 bits per heavy atom. The minimum absolute atomic E-state index is 0.416. The van der Waals surface area contributed by atoms with Gasteiger partial charge in [0.05, 0.1) is 22.1 Å². The van der Waals surface area contributed by atoms with Gasteiger partial charge in [-0.1, -0.05) is 17.7 Å². The lowest BCUT2D eigenvalue weighted by atomic mass is 10.1. The molecule has 0 atom stereocenters. The molecule has 0 aliphatic carbocycles. The third-order valence-corrected chi connectivity index (χ3v) is 4.29. The summed E-state index contributed by atoms with van der Waals surface area (Å²) in [5.41, 5.74) is 2.50. The third-order valence-electron chi connectivity index (χ3n) is 2.77. The molecule has 98 valence electrons. The van der Waals surface area contributed by atoms with E-state index in [1.54, 1.807) is 11.3 Å². The van der Waals surface area contributed by atoms with E-state index in [9.17, 15) is 5.26 Å². The summed E-state index contributed by atoms with van der Waals surface area (Å²) in [6.07, 6.45) is 0. The number of rotatable bonds is 4. The molecule has 1 aromatic carbocycles. The first-order valence-corrected chi connectivity index (χ1v) is 7.41. The van der Waals surface area contributed by atoms with Crippen molar-refractivity contribution >= 4 is 40.2 Å². The Bertz CT molecular complexity index is 616. The van der Waals surface area contributed by atoms with E-state index in [-0.39, 0.29) is 0 Å². The van der Waals surface area contributed by atoms with E-state index in [1.807, 2.05) is 42.3 Å². The first kappa shape index (κ1) is 14.2. The lowest BCUT2D eigenvalue weighted by Gasteiger charge is -2.20. The zero-order valence-corrected chi connectivity index (χ0v) is 12.7. The Balaban J connectivity index is 2.23. The van der Waals surface area contributed by atoms with Crippen LogP contribution in [0.2, 0.25) is 4.34 Å². The molecule has 2 nitrogen and oxygen atoms in total. The fraction of sp³-hybridized carbons (Fsp3) is 0.214. The van der Waals surface area contributed by atoms with Crippen LogP contribution in [0.5, 0.6) is 0 Å². The quantitative estimate of drug-likeness (QED) is 0.769. The highest BCUT2D eigenvalue weighted by Gasteiger charge is 2.10. The highest BCUT2D eigenvalue weighted by molar-refractivity contribution is 7.16. The number of nitriles is 1. The van der Waals surface area contributed by atoms with E-state index in [1.165, 1.54) is 0 Å². The molecular weight excluding hydrogens is 299 g/mol. The molecule has 0 fully saturated rings. The average Bonchev–Trinajstić information content (AvgIpc) is 2.83. The van der Waals surface area contributed by atoms with Gasteiger partial charge in [-0.05, 0) is 29.8 Å². The average molecular weight is 311 g/mol. The van der Waals surface area contributed by atoms with Gasteiger partial charge < -0.3 is 4.90 Å². The zero-order valence-electron chi connectivity index (χ0n) is 10.4. The van der Waals surface area contributed by atoms with Crippen LogP contribution in [0.4, 0.5) is 5.69 Å². The molecule has 0 N–H and O–H groups in total. The Hall–Kier alpha value is -1.21. The van der Waals surface area contributed by atoms with Gasteiger partial charge in [0.2, 0.25) is 0 Å². The van der Waals surface area contributed by atoms with Crippen LogP contribution in [-0.4, -0.2) is 7.05 Å². The van der Waals surface area contributed by atoms with Gasteiger partial charge in [0.25, 0.3) is 0 Å². The Morgan fingerprint density at radius 1 is 1.32 bits per heavy atom. The summed E-state index contributed by atoms with van der Waals surface area (Å²) in [6, 6.07) is 11.8. The largest absolute Gasteiger partial charge is 0.368 e. The van der Waals surface area contributed by atoms with Gasteiger partial charge in [0.15, 0.2) is 0 Å². The molecule has 0 saturated heterocycles. The van der Waals surface area contributed by atoms with Gasteiger partial charge in [0, 0.05) is 17.8 Å². The summed E-state index contributed by atoms with van der Waals surface area (Å²) in [6.45, 7) is 0.728. The van der Waals surface area contributed by atoms with E-state index in [0.29, 0.717) is 11.4 Å². The number of halogens is 2. The summed E-state index contributed by atoms with van der Waals surface area (Å²) >= 11 is 13.3. The van der Waals surface area contributed by atoms with Gasteiger partial charge in [-0.25, -0.2) is 0 Å². The lowest BCUT2D eigenvalue weighted by molar-refractivity contribution is 0.937. The molecule has 0 saturated carbocycles. The number of nitrogens with zero attached hydrogens (tertiary/aromatic N) is 2. The van der Waals surface area contributed by atoms with Crippen LogP contribution < -0.4 is 4.90 Å². The van der Waals surface area contributed by atoms with Crippen molar-refractivity contribution in [1.29, 1.82) is 5.26 Å². The normalized spacial score (nSPS) is 10.2. The predicted octanol–water partition coefficient (Wildman–Crippen LogP) is 4.65. The second-order valence-corrected chi connectivity index (χ2v) is 6.23. The van der Waals surface area contributed by atoms with Crippen LogP contribution in [-0.2, 0) is 12.4 Å². The maximum absolute atomic E-state index is 9.22. The molecule has 0 aliphatic heterocycles. The Labute approximate surface area is 126 Å². The molecule has 2 rings (SSSR count). The molecule has 1 aromatic heterocycles. The summed E-state index contributed by atoms with van der Waals surface area (Å²) in [7, 11) is 1.96. The van der Waals surface area contributed by atoms with Crippen LogP contribution in [0.3, 0.4) is 0 Å². The van der Waals surface area contributed by atoms with Crippen LogP contribution in [0.1, 0.15) is 16.0 Å². The molecule has 5 heteroatoms. The molecular formula is C14H12Cl2N2S. The number of hydrogen-bond donors (Lipinski definition) is 0. The van der Waals surface area contributed by atoms with Crippen LogP contribution in [0.15, 0.2) is 30.3 Å². The highest BCUT2D eigenvalue weighted by Crippen LogP contribution is 2.26. The van der Waals surface area contributed by atoms with Crippen molar-refractivity contribution < 1.29 is 0 Å². The van der Waals surface area contributed by atoms with Gasteiger partial charge in [-0.3, -0.25) is 0 Å². The highest BCUT2D eigenvalue weighted by atomic mass is 35.5. The molecule has 0 spiro atoms. The summed E-state index contributed by atoms with van der Waals surface area (Å²) < 4.78 is 0.779. The summed E-state index contributed by atoms with van der Waals surface area (Å²) in [4.78, 5) is 3.21. The zero-order chi connectivity index (χ0) is 13.8. The standard InChI is InChI=1S/C14H12Cl2N2S/c1-18(9-12-3-5-14(16)19-12)13-4-2-10(7-15)6-11(13)8-17/h2-6H,7,9H2,1H3. The third kappa shape index (κ3) is 3.42. The topological polar surface area (TPSA) is 27.0 Å². The molecule has 0 bridgehead atoms. The minimum Gasteiger partial charge on any atom is -0.368 e. The SMILES string of the molecule is CN(Cc1ccc(Cl)s1)c1ccc(CCl)cc1C#N. The van der Waals surface area contributed by atoms with Crippen molar-refractivity contribution in [3.63, 3.8) is 0 Å². The maximum Gasteiger partial charge on any atom is 0.101 e. The van der Waals surface area contributed by atoms with E-state index < -0.39 is 0 Å². The smallest absolute Gasteiger partial charge is 0.101 e. The second-order valence-electron chi connectivity index (χ2n) is 4.16. The van der Waals surface area contributed by atoms with E-state index >= 15 is 0 Å². The van der Waals surface area contributed by atoms with Crippen molar-refractivity contribution in [2.45, 2.75) is 12.4 Å². The fourth-order valence-corrected chi connectivity index (χ4v) is 3.15. The minimum atomic E-state index is 0.416. The molecule has 1 heterocycles. The lowest BCUT2D eigenvalue weighted by Crippen LogP contribution is -2.16. The van der Waals surface area contributed by atoms with Crippen molar-refractivity contribution in [3.8, 4) is 6.07 Å². The van der Waals surface area contributed by atoms with Crippen LogP contribution in [0, 0.1) is 11.3 Å². The number of alkyl halides is 1. The van der Waals surface area contributed by atoms with E-state index in [2.05, 4.69) is 6.07 Å². The van der Waals surface area contributed by atoms with Crippen molar-refractivity contribution in [3.05, 3.63) is 50.7 Å². The van der Waals surface area contributed by atoms with Crippen molar-refractivity contribution in [2.75, 3.05) is 11.9 Å². The number of benzene rings is 1. The molecule has 0 aliphatic rings. The maximum atomic E-state index is 9.22. The molecule has 0 radical (unpaired) electrons. The summed E-state index contributed by atoms with van der Waals surface area (Å²) in [5, 5.41) is 9.22. The van der Waals surface area contributed by atoms with Crippen molar-refractivity contribution in [2.24, 2.45) is 0 Å². The fourth-order valence-electron chi connectivity index (χ4n) is 1.84. The summed E-state index contributed by atoms with van der Waals surface area (Å²) in [5.74, 6) is 0.416. The number of anilines is 1. The van der Waals surface area contributed by atoms with Gasteiger partial charge in [-0.15, -0.1) is 22.9 Å². The van der Waals surface area contributed by atoms with Crippen LogP contribution in [0.25, 0.3) is 0 Å². The molecule has 19 heavy (non-hydrogen) atoms. The van der Waals surface area contributed by atoms with E-state index in [4.69, 9.17) is 23.2 Å². The first-order chi connectivity index (χ1) is 9.13. The van der Waals surface area contributed by atoms with Gasteiger partial charge in [-0.2, -0.15) is 5.26 Å². The number of thiophene rings is 1. The molecule has 0 unspecified atom stereocenters. The monoisotopic (exact) mass is 310 g/mol. The first-order valence-electron chi connectivity index (χ1n) is 5.68. The molecule has 0 amide bonds. The van der Waals surface area contributed by atoms with Crippen molar-refractivity contribution in [1.82, 2.24) is 0 Å². The van der Waals surface area contributed by atoms with Gasteiger partial charge >= 0.3 is 0 Å². The second kappa shape index (κ2) is 6.29. The Kier molecular flexibility index (Phi) is 4.71. The molecule has 2 aromatic rings. The van der Waals surface area contributed by atoms with Gasteiger partial charge in [0.1, 0.15) is 6.07 Å². The predicted molar refractivity (Wildman–Crippen MR) is 82.2 cm³/mol. The Morgan fingerprint density at radius 2 is 2.11 bits per heavy atom. The number of hydrogen-bond acceptors (Lipinski definition) is 3. The van der Waals surface area contributed by atoms with Crippen LogP contribution >= 0.6 is 34.5 Å². The van der Waals surface area contributed by atoms with E-state index in [0.717, 1.165) is 27.0 Å².